The molecule has 0 radical (unpaired) electrons. The zero-order valence-electron chi connectivity index (χ0n) is 7.82. The van der Waals surface area contributed by atoms with Crippen LogP contribution in [0.5, 0.6) is 0 Å². The van der Waals surface area contributed by atoms with Gasteiger partial charge in [-0.05, 0) is 19.1 Å². The van der Waals surface area contributed by atoms with E-state index in [0.29, 0.717) is 5.88 Å². The maximum absolute atomic E-state index is 5.69. The van der Waals surface area contributed by atoms with Crippen molar-refractivity contribution in [2.24, 2.45) is 0 Å². The molecule has 0 saturated carbocycles. The molecule has 3 heteroatoms. The molecule has 0 spiro atoms. The summed E-state index contributed by atoms with van der Waals surface area (Å²) in [5, 5.41) is 0. The molecule has 11 heavy (non-hydrogen) atoms. The lowest BCUT2D eigenvalue weighted by molar-refractivity contribution is 0.330. The van der Waals surface area contributed by atoms with Crippen LogP contribution in [0.2, 0.25) is 19.1 Å². The highest BCUT2D eigenvalue weighted by atomic mass is 35.5. The van der Waals surface area contributed by atoms with Gasteiger partial charge < -0.3 is 4.43 Å². The molecule has 0 saturated heterocycles. The van der Waals surface area contributed by atoms with Crippen LogP contribution in [0.3, 0.4) is 0 Å². The zero-order chi connectivity index (χ0) is 8.74. The van der Waals surface area contributed by atoms with Crippen molar-refractivity contribution in [2.45, 2.75) is 38.9 Å². The van der Waals surface area contributed by atoms with Gasteiger partial charge in [-0.2, -0.15) is 0 Å². The lowest BCUT2D eigenvalue weighted by Gasteiger charge is -2.21. The lowest BCUT2D eigenvalue weighted by Crippen LogP contribution is -2.30. The SMILES string of the molecule is CCCC[Si](C)(C)OCCCl. The maximum atomic E-state index is 5.69. The van der Waals surface area contributed by atoms with Crippen molar-refractivity contribution in [3.8, 4) is 0 Å². The molecule has 0 aliphatic carbocycles. The summed E-state index contributed by atoms with van der Waals surface area (Å²) in [6, 6.07) is 1.26. The monoisotopic (exact) mass is 194 g/mol. The van der Waals surface area contributed by atoms with E-state index in [-0.39, 0.29) is 0 Å². The molecule has 0 fully saturated rings. The van der Waals surface area contributed by atoms with E-state index in [4.69, 9.17) is 16.0 Å². The molecule has 0 aromatic carbocycles. The Labute approximate surface area is 76.2 Å². The molecule has 68 valence electrons. The normalized spacial score (nSPS) is 12.0. The summed E-state index contributed by atoms with van der Waals surface area (Å²) in [4.78, 5) is 0. The Kier molecular flexibility index (Phi) is 6.29. The van der Waals surface area contributed by atoms with E-state index in [1.807, 2.05) is 0 Å². The molecule has 0 heterocycles. The van der Waals surface area contributed by atoms with Crippen molar-refractivity contribution in [3.05, 3.63) is 0 Å². The number of hydrogen-bond acceptors (Lipinski definition) is 1. The Morgan fingerprint density at radius 1 is 1.36 bits per heavy atom. The minimum atomic E-state index is -1.33. The third-order valence-corrected chi connectivity index (χ3v) is 4.40. The van der Waals surface area contributed by atoms with Crippen LogP contribution in [-0.2, 0) is 4.43 Å². The first-order valence-electron chi connectivity index (χ1n) is 4.32. The Hall–Kier alpha value is 0.467. The maximum Gasteiger partial charge on any atom is 0.186 e. The second-order valence-corrected chi connectivity index (χ2v) is 8.09. The van der Waals surface area contributed by atoms with Gasteiger partial charge in [0, 0.05) is 12.5 Å². The molecule has 1 nitrogen and oxygen atoms in total. The summed E-state index contributed by atoms with van der Waals surface area (Å²) in [6.45, 7) is 7.46. The number of unbranched alkanes of at least 4 members (excludes halogenated alkanes) is 1. The minimum absolute atomic E-state index is 0.628. The summed E-state index contributed by atoms with van der Waals surface area (Å²) in [5.41, 5.74) is 0. The molecule has 0 rings (SSSR count). The average molecular weight is 195 g/mol. The fourth-order valence-electron chi connectivity index (χ4n) is 0.990. The Balaban J connectivity index is 3.43. The van der Waals surface area contributed by atoms with Crippen LogP contribution in [0.4, 0.5) is 0 Å². The standard InChI is InChI=1S/C8H19ClOSi/c1-4-5-8-11(2,3)10-7-6-9/h4-8H2,1-3H3. The average Bonchev–Trinajstić information content (AvgIpc) is 1.97. The second-order valence-electron chi connectivity index (χ2n) is 3.40. The minimum Gasteiger partial charge on any atom is -0.416 e. The fraction of sp³-hybridized carbons (Fsp3) is 1.00. The molecular weight excluding hydrogens is 176 g/mol. The van der Waals surface area contributed by atoms with Crippen molar-refractivity contribution in [3.63, 3.8) is 0 Å². The van der Waals surface area contributed by atoms with Crippen LogP contribution in [0.15, 0.2) is 0 Å². The quantitative estimate of drug-likeness (QED) is 0.466. The summed E-state index contributed by atoms with van der Waals surface area (Å²) in [5.74, 6) is 0.628. The topological polar surface area (TPSA) is 9.23 Å². The van der Waals surface area contributed by atoms with Crippen molar-refractivity contribution in [2.75, 3.05) is 12.5 Å². The second kappa shape index (κ2) is 6.04. The first-order chi connectivity index (χ1) is 5.12. The van der Waals surface area contributed by atoms with Gasteiger partial charge in [0.2, 0.25) is 0 Å². The van der Waals surface area contributed by atoms with Gasteiger partial charge in [-0.1, -0.05) is 19.8 Å². The van der Waals surface area contributed by atoms with E-state index in [1.54, 1.807) is 0 Å². The van der Waals surface area contributed by atoms with E-state index in [0.717, 1.165) is 6.61 Å². The molecule has 0 atom stereocenters. The molecule has 0 aliphatic rings. The van der Waals surface area contributed by atoms with E-state index >= 15 is 0 Å². The van der Waals surface area contributed by atoms with Gasteiger partial charge in [-0.15, -0.1) is 11.6 Å². The highest BCUT2D eigenvalue weighted by Crippen LogP contribution is 2.14. The van der Waals surface area contributed by atoms with Crippen LogP contribution < -0.4 is 0 Å². The number of hydrogen-bond donors (Lipinski definition) is 0. The smallest absolute Gasteiger partial charge is 0.186 e. The van der Waals surface area contributed by atoms with E-state index in [1.165, 1.54) is 18.9 Å². The van der Waals surface area contributed by atoms with Crippen LogP contribution in [0, 0.1) is 0 Å². The zero-order valence-corrected chi connectivity index (χ0v) is 9.58. The molecule has 0 bridgehead atoms. The van der Waals surface area contributed by atoms with Gasteiger partial charge in [0.25, 0.3) is 0 Å². The largest absolute Gasteiger partial charge is 0.416 e. The van der Waals surface area contributed by atoms with Gasteiger partial charge in [0.05, 0.1) is 0 Å². The van der Waals surface area contributed by atoms with E-state index in [9.17, 15) is 0 Å². The van der Waals surface area contributed by atoms with Gasteiger partial charge >= 0.3 is 0 Å². The van der Waals surface area contributed by atoms with Gasteiger partial charge in [-0.25, -0.2) is 0 Å². The summed E-state index contributed by atoms with van der Waals surface area (Å²) >= 11 is 5.54. The molecule has 0 aliphatic heterocycles. The fourth-order valence-corrected chi connectivity index (χ4v) is 3.20. The molecule has 0 N–H and O–H groups in total. The Morgan fingerprint density at radius 2 is 2.00 bits per heavy atom. The van der Waals surface area contributed by atoms with Gasteiger partial charge in [0.15, 0.2) is 8.32 Å². The first kappa shape index (κ1) is 11.5. The van der Waals surface area contributed by atoms with Gasteiger partial charge in [0.1, 0.15) is 0 Å². The lowest BCUT2D eigenvalue weighted by atomic mass is 10.4. The number of halogens is 1. The van der Waals surface area contributed by atoms with Crippen molar-refractivity contribution < 1.29 is 4.43 Å². The molecule has 0 unspecified atom stereocenters. The third-order valence-electron chi connectivity index (χ3n) is 1.70. The Morgan fingerprint density at radius 3 is 2.45 bits per heavy atom. The van der Waals surface area contributed by atoms with Crippen LogP contribution in [0.1, 0.15) is 19.8 Å². The van der Waals surface area contributed by atoms with Crippen molar-refractivity contribution in [1.82, 2.24) is 0 Å². The van der Waals surface area contributed by atoms with Gasteiger partial charge in [-0.3, -0.25) is 0 Å². The van der Waals surface area contributed by atoms with Crippen molar-refractivity contribution >= 4 is 19.9 Å². The molecule has 0 aromatic heterocycles. The third kappa shape index (κ3) is 6.85. The Bertz CT molecular complexity index is 86.1. The van der Waals surface area contributed by atoms with E-state index in [2.05, 4.69) is 20.0 Å². The predicted octanol–water partition coefficient (Wildman–Crippen LogP) is 3.25. The predicted molar refractivity (Wildman–Crippen MR) is 53.9 cm³/mol. The highest BCUT2D eigenvalue weighted by Gasteiger charge is 2.20. The number of rotatable bonds is 6. The van der Waals surface area contributed by atoms with Crippen LogP contribution in [-0.4, -0.2) is 20.8 Å². The molecule has 0 amide bonds. The number of alkyl halides is 1. The highest BCUT2D eigenvalue weighted by molar-refractivity contribution is 6.71. The van der Waals surface area contributed by atoms with Crippen molar-refractivity contribution in [1.29, 1.82) is 0 Å². The molecule has 0 aromatic rings. The first-order valence-corrected chi connectivity index (χ1v) is 7.97. The summed E-state index contributed by atoms with van der Waals surface area (Å²) < 4.78 is 5.69. The molecular formula is C8H19ClOSi. The van der Waals surface area contributed by atoms with Crippen LogP contribution >= 0.6 is 11.6 Å². The summed E-state index contributed by atoms with van der Waals surface area (Å²) in [6.07, 6.45) is 2.56. The summed E-state index contributed by atoms with van der Waals surface area (Å²) in [7, 11) is -1.33. The van der Waals surface area contributed by atoms with E-state index < -0.39 is 8.32 Å². The van der Waals surface area contributed by atoms with Crippen LogP contribution in [0.25, 0.3) is 0 Å².